The summed E-state index contributed by atoms with van der Waals surface area (Å²) in [5.41, 5.74) is 5.04. The number of rotatable bonds is 4. The van der Waals surface area contributed by atoms with Crippen molar-refractivity contribution in [3.05, 3.63) is 36.4 Å². The minimum atomic E-state index is -0.371. The van der Waals surface area contributed by atoms with Crippen molar-refractivity contribution in [1.29, 1.82) is 0 Å². The molecule has 0 fully saturated rings. The Morgan fingerprint density at radius 2 is 2.43 bits per heavy atom. The third-order valence-corrected chi connectivity index (χ3v) is 1.38. The van der Waals surface area contributed by atoms with Crippen molar-refractivity contribution in [2.45, 2.75) is 0 Å². The molecule has 1 heterocycles. The highest BCUT2D eigenvalue weighted by molar-refractivity contribution is 5.85. The van der Waals surface area contributed by atoms with Gasteiger partial charge in [0.2, 0.25) is 0 Å². The molecule has 0 aliphatic heterocycles. The van der Waals surface area contributed by atoms with Gasteiger partial charge in [0.15, 0.2) is 0 Å². The summed E-state index contributed by atoms with van der Waals surface area (Å²) in [5.74, 6) is 0.243. The number of ether oxygens (including phenoxy) is 1. The molecule has 1 rings (SSSR count). The van der Waals surface area contributed by atoms with Gasteiger partial charge in [-0.1, -0.05) is 0 Å². The van der Waals surface area contributed by atoms with Crippen LogP contribution in [0.3, 0.4) is 0 Å². The smallest absolute Gasteiger partial charge is 0.138 e. The topological polar surface area (TPSA) is 48.1 Å². The lowest BCUT2D eigenvalue weighted by atomic mass is 10.4. The summed E-state index contributed by atoms with van der Waals surface area (Å²) >= 11 is 0. The quantitative estimate of drug-likeness (QED) is 0.837. The van der Waals surface area contributed by atoms with E-state index in [9.17, 15) is 4.39 Å². The Morgan fingerprint density at radius 3 is 3.00 bits per heavy atom. The molecule has 0 bridgehead atoms. The van der Waals surface area contributed by atoms with Gasteiger partial charge in [-0.25, -0.2) is 4.39 Å². The highest BCUT2D eigenvalue weighted by Gasteiger charge is 1.91. The van der Waals surface area contributed by atoms with Gasteiger partial charge in [-0.2, -0.15) is 0 Å². The fourth-order valence-electron chi connectivity index (χ4n) is 0.744. The van der Waals surface area contributed by atoms with E-state index in [4.69, 9.17) is 10.5 Å². The van der Waals surface area contributed by atoms with Crippen LogP contribution in [-0.2, 0) is 0 Å². The van der Waals surface area contributed by atoms with E-state index >= 15 is 0 Å². The molecular weight excluding hydrogens is 207 g/mol. The molecule has 0 atom stereocenters. The van der Waals surface area contributed by atoms with Crippen LogP contribution in [0.4, 0.5) is 4.39 Å². The van der Waals surface area contributed by atoms with Crippen molar-refractivity contribution in [3.63, 3.8) is 0 Å². The molecule has 0 saturated heterocycles. The molecule has 0 saturated carbocycles. The molecule has 0 spiro atoms. The molecule has 2 N–H and O–H groups in total. The normalized spacial score (nSPS) is 10.6. The largest absolute Gasteiger partial charge is 0.488 e. The molecule has 0 aromatic carbocycles. The van der Waals surface area contributed by atoms with Gasteiger partial charge in [-0.15, -0.1) is 12.4 Å². The summed E-state index contributed by atoms with van der Waals surface area (Å²) in [7, 11) is 0. The fourth-order valence-corrected chi connectivity index (χ4v) is 0.744. The molecule has 3 nitrogen and oxygen atoms in total. The van der Waals surface area contributed by atoms with E-state index in [0.29, 0.717) is 5.75 Å². The van der Waals surface area contributed by atoms with Crippen LogP contribution >= 0.6 is 12.4 Å². The second-order valence-corrected chi connectivity index (χ2v) is 2.35. The zero-order valence-corrected chi connectivity index (χ0v) is 8.34. The second-order valence-electron chi connectivity index (χ2n) is 2.35. The molecular formula is C9H12ClFN2O. The molecule has 1 aromatic rings. The van der Waals surface area contributed by atoms with Crippen molar-refractivity contribution in [2.75, 3.05) is 13.2 Å². The maximum atomic E-state index is 12.5. The molecule has 78 valence electrons. The van der Waals surface area contributed by atoms with Gasteiger partial charge < -0.3 is 10.5 Å². The van der Waals surface area contributed by atoms with E-state index in [2.05, 4.69) is 4.98 Å². The maximum Gasteiger partial charge on any atom is 0.138 e. The van der Waals surface area contributed by atoms with E-state index in [1.165, 1.54) is 6.08 Å². The summed E-state index contributed by atoms with van der Waals surface area (Å²) in [4.78, 5) is 3.84. The van der Waals surface area contributed by atoms with Gasteiger partial charge in [-0.05, 0) is 18.2 Å². The molecule has 0 radical (unpaired) electrons. The van der Waals surface area contributed by atoms with Gasteiger partial charge in [0.25, 0.3) is 0 Å². The average molecular weight is 219 g/mol. The molecule has 0 amide bonds. The first-order chi connectivity index (χ1) is 6.33. The lowest BCUT2D eigenvalue weighted by Crippen LogP contribution is -2.01. The molecule has 0 aliphatic carbocycles. The molecule has 14 heavy (non-hydrogen) atoms. The Balaban J connectivity index is 0.00000169. The standard InChI is InChI=1S/C9H11FN2O.ClH/c10-8(6-11)3-5-13-9-2-1-4-12-7-9;/h1-4,7H,5-6,11H2;1H/b8-3-;. The minimum absolute atomic E-state index is 0. The predicted octanol–water partition coefficient (Wildman–Crippen LogP) is 1.69. The Labute approximate surface area is 88.2 Å². The lowest BCUT2D eigenvalue weighted by Gasteiger charge is -2.00. The van der Waals surface area contributed by atoms with E-state index in [1.54, 1.807) is 24.5 Å². The van der Waals surface area contributed by atoms with Crippen LogP contribution in [0, 0.1) is 0 Å². The fraction of sp³-hybridized carbons (Fsp3) is 0.222. The van der Waals surface area contributed by atoms with Gasteiger partial charge >= 0.3 is 0 Å². The number of nitrogens with zero attached hydrogens (tertiary/aromatic N) is 1. The minimum Gasteiger partial charge on any atom is -0.488 e. The third kappa shape index (κ3) is 4.79. The summed E-state index contributed by atoms with van der Waals surface area (Å²) in [6.45, 7) is 0.0884. The van der Waals surface area contributed by atoms with Crippen LogP contribution in [0.25, 0.3) is 0 Å². The zero-order chi connectivity index (χ0) is 9.52. The summed E-state index contributed by atoms with van der Waals surface area (Å²) in [6, 6.07) is 3.50. The molecule has 5 heteroatoms. The van der Waals surface area contributed by atoms with Crippen molar-refractivity contribution < 1.29 is 9.13 Å². The number of nitrogens with two attached hydrogens (primary N) is 1. The van der Waals surface area contributed by atoms with E-state index in [0.717, 1.165) is 0 Å². The van der Waals surface area contributed by atoms with Crippen molar-refractivity contribution >= 4 is 12.4 Å². The monoisotopic (exact) mass is 218 g/mol. The van der Waals surface area contributed by atoms with E-state index in [-0.39, 0.29) is 31.4 Å². The van der Waals surface area contributed by atoms with Crippen LogP contribution in [-0.4, -0.2) is 18.1 Å². The third-order valence-electron chi connectivity index (χ3n) is 1.38. The highest BCUT2D eigenvalue weighted by atomic mass is 35.5. The molecule has 1 aromatic heterocycles. The number of pyridine rings is 1. The van der Waals surface area contributed by atoms with Gasteiger partial charge in [0.05, 0.1) is 6.20 Å². The number of hydrogen-bond donors (Lipinski definition) is 1. The highest BCUT2D eigenvalue weighted by Crippen LogP contribution is 2.06. The van der Waals surface area contributed by atoms with Gasteiger partial charge in [-0.3, -0.25) is 4.98 Å². The summed E-state index contributed by atoms with van der Waals surface area (Å²) in [6.07, 6.45) is 4.50. The number of aromatic nitrogens is 1. The van der Waals surface area contributed by atoms with E-state index in [1.807, 2.05) is 0 Å². The first-order valence-corrected chi connectivity index (χ1v) is 3.90. The zero-order valence-electron chi connectivity index (χ0n) is 7.52. The van der Waals surface area contributed by atoms with Gasteiger partial charge in [0.1, 0.15) is 18.2 Å². The Bertz CT molecular complexity index is 279. The Kier molecular flexibility index (Phi) is 6.70. The maximum absolute atomic E-state index is 12.5. The molecule has 0 aliphatic rings. The Morgan fingerprint density at radius 1 is 1.64 bits per heavy atom. The van der Waals surface area contributed by atoms with Crippen molar-refractivity contribution in [1.82, 2.24) is 4.98 Å². The van der Waals surface area contributed by atoms with Crippen LogP contribution in [0.15, 0.2) is 36.4 Å². The summed E-state index contributed by atoms with van der Waals surface area (Å²) < 4.78 is 17.6. The van der Waals surface area contributed by atoms with Crippen LogP contribution in [0.5, 0.6) is 5.75 Å². The van der Waals surface area contributed by atoms with Crippen LogP contribution < -0.4 is 10.5 Å². The first kappa shape index (κ1) is 12.9. The van der Waals surface area contributed by atoms with Crippen LogP contribution in [0.2, 0.25) is 0 Å². The predicted molar refractivity (Wildman–Crippen MR) is 55.2 cm³/mol. The number of hydrogen-bond acceptors (Lipinski definition) is 3. The van der Waals surface area contributed by atoms with Gasteiger partial charge in [0, 0.05) is 12.7 Å². The van der Waals surface area contributed by atoms with E-state index < -0.39 is 0 Å². The number of halogens is 2. The summed E-state index contributed by atoms with van der Waals surface area (Å²) in [5, 5.41) is 0. The first-order valence-electron chi connectivity index (χ1n) is 3.90. The molecule has 0 unspecified atom stereocenters. The second kappa shape index (κ2) is 7.29. The Hall–Kier alpha value is -1.13. The average Bonchev–Trinajstić information content (AvgIpc) is 2.19. The van der Waals surface area contributed by atoms with Crippen LogP contribution in [0.1, 0.15) is 0 Å². The SMILES string of the molecule is Cl.NC/C(F)=C/COc1cccnc1. The lowest BCUT2D eigenvalue weighted by molar-refractivity contribution is 0.357. The van der Waals surface area contributed by atoms with Crippen molar-refractivity contribution in [3.8, 4) is 5.75 Å². The van der Waals surface area contributed by atoms with Crippen molar-refractivity contribution in [2.24, 2.45) is 5.73 Å².